The van der Waals surface area contributed by atoms with E-state index < -0.39 is 35.9 Å². The zero-order chi connectivity index (χ0) is 21.9. The topological polar surface area (TPSA) is 183 Å². The predicted octanol–water partition coefficient (Wildman–Crippen LogP) is -0.277. The van der Waals surface area contributed by atoms with E-state index in [2.05, 4.69) is 16.0 Å². The highest BCUT2D eigenvalue weighted by Crippen LogP contribution is 2.08. The summed E-state index contributed by atoms with van der Waals surface area (Å²) in [6, 6.07) is -2.68. The fourth-order valence-corrected chi connectivity index (χ4v) is 2.66. The lowest BCUT2D eigenvalue weighted by molar-refractivity contribution is -0.142. The molecule has 0 aliphatic heterocycles. The van der Waals surface area contributed by atoms with Gasteiger partial charge in [-0.05, 0) is 37.5 Å². The van der Waals surface area contributed by atoms with Crippen molar-refractivity contribution in [2.24, 2.45) is 23.3 Å². The van der Waals surface area contributed by atoms with Crippen LogP contribution in [0.5, 0.6) is 0 Å². The Labute approximate surface area is 166 Å². The van der Waals surface area contributed by atoms with Crippen LogP contribution in [0.1, 0.15) is 53.4 Å². The van der Waals surface area contributed by atoms with Gasteiger partial charge in [-0.15, -0.1) is 0 Å². The van der Waals surface area contributed by atoms with Gasteiger partial charge in [0.05, 0.1) is 6.04 Å². The molecule has 0 aromatic carbocycles. The van der Waals surface area contributed by atoms with Crippen LogP contribution in [0.2, 0.25) is 0 Å². The second-order valence-corrected chi connectivity index (χ2v) is 7.81. The van der Waals surface area contributed by atoms with Crippen molar-refractivity contribution in [3.8, 4) is 0 Å². The van der Waals surface area contributed by atoms with E-state index in [0.717, 1.165) is 0 Å². The summed E-state index contributed by atoms with van der Waals surface area (Å²) >= 11 is 0. The molecule has 2 amide bonds. The maximum atomic E-state index is 12.6. The maximum Gasteiger partial charge on any atom is 0.326 e. The molecule has 0 radical (unpaired) electrons. The molecule has 162 valence electrons. The highest BCUT2D eigenvalue weighted by atomic mass is 16.4. The third-order valence-corrected chi connectivity index (χ3v) is 4.00. The third kappa shape index (κ3) is 11.4. The number of carboxylic acids is 1. The number of carbonyl (C=O) groups excluding carboxylic acids is 2. The van der Waals surface area contributed by atoms with Gasteiger partial charge >= 0.3 is 5.97 Å². The van der Waals surface area contributed by atoms with Gasteiger partial charge in [-0.2, -0.15) is 0 Å². The molecule has 0 saturated heterocycles. The Morgan fingerprint density at radius 1 is 0.964 bits per heavy atom. The van der Waals surface area contributed by atoms with E-state index in [9.17, 15) is 19.5 Å². The van der Waals surface area contributed by atoms with Gasteiger partial charge in [-0.1, -0.05) is 27.7 Å². The van der Waals surface area contributed by atoms with Gasteiger partial charge in [0.25, 0.3) is 0 Å². The van der Waals surface area contributed by atoms with Crippen LogP contribution in [0, 0.1) is 17.2 Å². The molecule has 9 N–H and O–H groups in total. The summed E-state index contributed by atoms with van der Waals surface area (Å²) in [6.07, 6.45) is 1.42. The molecule has 0 saturated carbocycles. The van der Waals surface area contributed by atoms with Crippen LogP contribution in [-0.2, 0) is 14.4 Å². The van der Waals surface area contributed by atoms with Gasteiger partial charge in [-0.3, -0.25) is 15.0 Å². The Balaban J connectivity index is 4.93. The highest BCUT2D eigenvalue weighted by Gasteiger charge is 2.28. The van der Waals surface area contributed by atoms with E-state index in [1.165, 1.54) is 0 Å². The van der Waals surface area contributed by atoms with Gasteiger partial charge in [0, 0.05) is 6.54 Å². The summed E-state index contributed by atoms with van der Waals surface area (Å²) in [4.78, 5) is 36.4. The van der Waals surface area contributed by atoms with Crippen molar-refractivity contribution in [2.75, 3.05) is 6.54 Å². The lowest BCUT2D eigenvalue weighted by atomic mass is 10.00. The molecule has 0 aliphatic rings. The van der Waals surface area contributed by atoms with Gasteiger partial charge in [-0.25, -0.2) is 4.79 Å². The molecule has 28 heavy (non-hydrogen) atoms. The first-order valence-electron chi connectivity index (χ1n) is 9.61. The van der Waals surface area contributed by atoms with Gasteiger partial charge in [0.15, 0.2) is 5.96 Å². The van der Waals surface area contributed by atoms with Crippen LogP contribution in [0.15, 0.2) is 0 Å². The first-order valence-corrected chi connectivity index (χ1v) is 9.61. The molecule has 0 fully saturated rings. The van der Waals surface area contributed by atoms with E-state index in [4.69, 9.17) is 16.9 Å². The molecular formula is C18H36N6O4. The Morgan fingerprint density at radius 2 is 1.50 bits per heavy atom. The van der Waals surface area contributed by atoms with Crippen LogP contribution < -0.4 is 27.4 Å². The highest BCUT2D eigenvalue weighted by molar-refractivity contribution is 5.91. The second kappa shape index (κ2) is 12.9. The summed E-state index contributed by atoms with van der Waals surface area (Å²) in [7, 11) is 0. The largest absolute Gasteiger partial charge is 0.480 e. The SMILES string of the molecule is CC(C)C[C@@H](N)C(=O)N[C@@H](CC(C)C)C(=O)N[C@@H](CCCNC(=N)N)C(=O)O. The molecule has 0 rings (SSSR count). The van der Waals surface area contributed by atoms with Crippen LogP contribution in [0.25, 0.3) is 0 Å². The lowest BCUT2D eigenvalue weighted by Crippen LogP contribution is -2.55. The fourth-order valence-electron chi connectivity index (χ4n) is 2.66. The summed E-state index contributed by atoms with van der Waals surface area (Å²) in [6.45, 7) is 8.03. The number of guanidine groups is 1. The van der Waals surface area contributed by atoms with Gasteiger partial charge in [0.1, 0.15) is 12.1 Å². The number of rotatable bonds is 13. The van der Waals surface area contributed by atoms with E-state index in [-0.39, 0.29) is 24.2 Å². The average Bonchev–Trinajstić information content (AvgIpc) is 2.55. The number of amides is 2. The second-order valence-electron chi connectivity index (χ2n) is 7.81. The average molecular weight is 401 g/mol. The Bertz CT molecular complexity index is 538. The van der Waals surface area contributed by atoms with Crippen LogP contribution in [0.3, 0.4) is 0 Å². The number of carboxylic acid groups (broad SMARTS) is 1. The summed E-state index contributed by atoms with van der Waals surface area (Å²) < 4.78 is 0. The lowest BCUT2D eigenvalue weighted by Gasteiger charge is -2.24. The minimum Gasteiger partial charge on any atom is -0.480 e. The molecule has 10 nitrogen and oxygen atoms in total. The van der Waals surface area contributed by atoms with Crippen molar-refractivity contribution in [2.45, 2.75) is 71.5 Å². The van der Waals surface area contributed by atoms with Crippen molar-refractivity contribution in [1.82, 2.24) is 16.0 Å². The normalized spacial score (nSPS) is 14.2. The minimum absolute atomic E-state index is 0.111. The molecule has 0 aromatic rings. The predicted molar refractivity (Wildman–Crippen MR) is 108 cm³/mol. The number of hydrogen-bond acceptors (Lipinski definition) is 5. The molecule has 0 aromatic heterocycles. The molecule has 3 atom stereocenters. The maximum absolute atomic E-state index is 12.6. The number of hydrogen-bond donors (Lipinski definition) is 7. The Hall–Kier alpha value is -2.36. The van der Waals surface area contributed by atoms with E-state index in [1.807, 2.05) is 27.7 Å². The molecule has 10 heteroatoms. The van der Waals surface area contributed by atoms with Crippen LogP contribution in [0.4, 0.5) is 0 Å². The number of carbonyl (C=O) groups is 3. The Kier molecular flexibility index (Phi) is 11.8. The molecule has 0 heterocycles. The quantitative estimate of drug-likeness (QED) is 0.126. The first-order chi connectivity index (χ1) is 12.9. The molecular weight excluding hydrogens is 364 g/mol. The third-order valence-electron chi connectivity index (χ3n) is 4.00. The van der Waals surface area contributed by atoms with Crippen LogP contribution in [-0.4, -0.2) is 53.5 Å². The van der Waals surface area contributed by atoms with E-state index in [1.54, 1.807) is 0 Å². The number of nitrogens with one attached hydrogen (secondary N) is 4. The summed E-state index contributed by atoms with van der Waals surface area (Å²) in [5.74, 6) is -1.99. The van der Waals surface area contributed by atoms with Gasteiger partial charge in [0.2, 0.25) is 11.8 Å². The zero-order valence-corrected chi connectivity index (χ0v) is 17.2. The van der Waals surface area contributed by atoms with E-state index in [0.29, 0.717) is 25.8 Å². The smallest absolute Gasteiger partial charge is 0.326 e. The van der Waals surface area contributed by atoms with Crippen molar-refractivity contribution < 1.29 is 19.5 Å². The standard InChI is InChI=1S/C18H36N6O4/c1-10(2)8-12(19)15(25)24-14(9-11(3)4)16(26)23-13(17(27)28)6-5-7-22-18(20)21/h10-14H,5-9,19H2,1-4H3,(H,23,26)(H,24,25)(H,27,28)(H4,20,21,22)/t12-,13+,14+/m1/s1. The summed E-state index contributed by atoms with van der Waals surface area (Å²) in [5.41, 5.74) is 11.1. The zero-order valence-electron chi connectivity index (χ0n) is 17.2. The number of aliphatic carboxylic acids is 1. The number of nitrogens with two attached hydrogens (primary N) is 2. The molecule has 0 unspecified atom stereocenters. The summed E-state index contributed by atoms with van der Waals surface area (Å²) in [5, 5.41) is 24.1. The minimum atomic E-state index is -1.16. The fraction of sp³-hybridized carbons (Fsp3) is 0.778. The molecule has 0 bridgehead atoms. The van der Waals surface area contributed by atoms with Crippen molar-refractivity contribution in [3.63, 3.8) is 0 Å². The van der Waals surface area contributed by atoms with E-state index >= 15 is 0 Å². The molecule has 0 spiro atoms. The van der Waals surface area contributed by atoms with Crippen molar-refractivity contribution in [3.05, 3.63) is 0 Å². The Morgan fingerprint density at radius 3 is 1.96 bits per heavy atom. The first kappa shape index (κ1) is 25.6. The van der Waals surface area contributed by atoms with Gasteiger partial charge < -0.3 is 32.5 Å². The monoisotopic (exact) mass is 400 g/mol. The van der Waals surface area contributed by atoms with Crippen molar-refractivity contribution in [1.29, 1.82) is 5.41 Å². The molecule has 0 aliphatic carbocycles. The van der Waals surface area contributed by atoms with Crippen molar-refractivity contribution >= 4 is 23.7 Å². The van der Waals surface area contributed by atoms with Crippen LogP contribution >= 0.6 is 0 Å².